The number of nitrogens with zero attached hydrogens (tertiary/aromatic N) is 2. The van der Waals surface area contributed by atoms with Gasteiger partial charge in [0.25, 0.3) is 0 Å². The van der Waals surface area contributed by atoms with Gasteiger partial charge >= 0.3 is 6.85 Å². The molecule has 0 spiro atoms. The summed E-state index contributed by atoms with van der Waals surface area (Å²) < 4.78 is 10.3. The van der Waals surface area contributed by atoms with Gasteiger partial charge in [-0.1, -0.05) is 164 Å². The Kier molecular flexibility index (Phi) is 7.62. The van der Waals surface area contributed by atoms with Crippen molar-refractivity contribution in [1.29, 1.82) is 0 Å². The van der Waals surface area contributed by atoms with Gasteiger partial charge in [0.05, 0.1) is 11.4 Å². The molecule has 2 aromatic heterocycles. The van der Waals surface area contributed by atoms with Crippen molar-refractivity contribution in [1.82, 2.24) is 4.48 Å². The van der Waals surface area contributed by atoms with Gasteiger partial charge < -0.3 is 13.8 Å². The Bertz CT molecular complexity index is 3600. The molecule has 0 fully saturated rings. The lowest BCUT2D eigenvalue weighted by molar-refractivity contribution is 0.332. The number of anilines is 3. The van der Waals surface area contributed by atoms with E-state index in [1.54, 1.807) is 0 Å². The van der Waals surface area contributed by atoms with Crippen molar-refractivity contribution in [3.05, 3.63) is 174 Å². The highest BCUT2D eigenvalue weighted by atomic mass is 16.3. The second-order valence-corrected chi connectivity index (χ2v) is 21.1. The van der Waals surface area contributed by atoms with Gasteiger partial charge in [-0.25, -0.2) is 0 Å². The highest BCUT2D eigenvalue weighted by Crippen LogP contribution is 2.54. The highest BCUT2D eigenvalue weighted by Gasteiger charge is 2.48. The molecule has 10 aromatic rings. The van der Waals surface area contributed by atoms with Crippen LogP contribution in [0.25, 0.3) is 76.9 Å². The quantitative estimate of drug-likeness (QED) is 0.166. The number of aromatic nitrogens is 1. The SMILES string of the molecule is CC(C)(C)c1ccc(N2c3cc(-c4ccccc4)cc4c3B(c3oc5cc6c(cc5c32)C(C)(C)CCC6(C)C)n2c3ccc5ccccc5c3c3cccc-4c32)c(-c2ccccc2)c1. The second-order valence-electron chi connectivity index (χ2n) is 21.1. The van der Waals surface area contributed by atoms with E-state index in [0.29, 0.717) is 0 Å². The van der Waals surface area contributed by atoms with Crippen LogP contribution in [0.3, 0.4) is 0 Å². The van der Waals surface area contributed by atoms with Gasteiger partial charge in [0.2, 0.25) is 0 Å². The monoisotopic (exact) mass is 826 g/mol. The van der Waals surface area contributed by atoms with Crippen LogP contribution in [0.1, 0.15) is 78.0 Å². The Labute approximate surface area is 376 Å². The minimum Gasteiger partial charge on any atom is -0.466 e. The van der Waals surface area contributed by atoms with Crippen molar-refractivity contribution >= 4 is 78.6 Å². The van der Waals surface area contributed by atoms with Crippen LogP contribution in [-0.2, 0) is 16.2 Å². The number of rotatable bonds is 3. The Morgan fingerprint density at radius 3 is 1.98 bits per heavy atom. The zero-order chi connectivity index (χ0) is 43.4. The molecule has 0 bridgehead atoms. The molecule has 0 N–H and O–H groups in total. The second kappa shape index (κ2) is 12.9. The third-order valence-electron chi connectivity index (χ3n) is 15.4. The Hall–Kier alpha value is -6.78. The molecule has 0 amide bonds. The molecular formula is C60H51BN2O. The summed E-state index contributed by atoms with van der Waals surface area (Å²) in [6, 6.07) is 59.6. The molecule has 0 saturated carbocycles. The van der Waals surface area contributed by atoms with Gasteiger partial charge in [-0.15, -0.1) is 0 Å². The molecule has 3 aliphatic rings. The van der Waals surface area contributed by atoms with Crippen molar-refractivity contribution in [3.63, 3.8) is 0 Å². The van der Waals surface area contributed by atoms with Crippen LogP contribution < -0.4 is 16.0 Å². The summed E-state index contributed by atoms with van der Waals surface area (Å²) >= 11 is 0. The molecule has 0 unspecified atom stereocenters. The number of fused-ring (bicyclic) bond motifs is 12. The van der Waals surface area contributed by atoms with E-state index in [4.69, 9.17) is 4.42 Å². The number of para-hydroxylation sites is 1. The van der Waals surface area contributed by atoms with E-state index in [1.165, 1.54) is 99.2 Å². The van der Waals surface area contributed by atoms with E-state index in [2.05, 4.69) is 216 Å². The third kappa shape index (κ3) is 5.17. The van der Waals surface area contributed by atoms with Crippen molar-refractivity contribution < 1.29 is 4.42 Å². The summed E-state index contributed by atoms with van der Waals surface area (Å²) in [5, 5.41) is 6.29. The summed E-state index contributed by atoms with van der Waals surface area (Å²) in [6.07, 6.45) is 2.28. The van der Waals surface area contributed by atoms with Gasteiger partial charge in [-0.3, -0.25) is 0 Å². The maximum Gasteiger partial charge on any atom is 0.375 e. The van der Waals surface area contributed by atoms with Crippen LogP contribution in [0.5, 0.6) is 0 Å². The van der Waals surface area contributed by atoms with E-state index >= 15 is 0 Å². The minimum absolute atomic E-state index is 0.0193. The van der Waals surface area contributed by atoms with E-state index in [0.717, 1.165) is 35.5 Å². The molecule has 0 atom stereocenters. The van der Waals surface area contributed by atoms with Gasteiger partial charge in [-0.2, -0.15) is 0 Å². The van der Waals surface area contributed by atoms with E-state index in [9.17, 15) is 0 Å². The molecule has 310 valence electrons. The van der Waals surface area contributed by atoms with E-state index < -0.39 is 0 Å². The third-order valence-corrected chi connectivity index (χ3v) is 15.4. The summed E-state index contributed by atoms with van der Waals surface area (Å²) in [4.78, 5) is 2.61. The zero-order valence-electron chi connectivity index (χ0n) is 37.8. The maximum atomic E-state index is 7.65. The van der Waals surface area contributed by atoms with Crippen LogP contribution in [0.15, 0.2) is 162 Å². The molecule has 4 heteroatoms. The summed E-state index contributed by atoms with van der Waals surface area (Å²) in [6.45, 7) is 16.5. The van der Waals surface area contributed by atoms with Crippen LogP contribution in [0, 0.1) is 0 Å². The molecule has 2 aliphatic heterocycles. The lowest BCUT2D eigenvalue weighted by Crippen LogP contribution is -2.56. The van der Waals surface area contributed by atoms with Crippen LogP contribution >= 0.6 is 0 Å². The van der Waals surface area contributed by atoms with Gasteiger partial charge in [0.15, 0.2) is 0 Å². The van der Waals surface area contributed by atoms with Crippen LogP contribution in [0.4, 0.5) is 17.1 Å². The van der Waals surface area contributed by atoms with Gasteiger partial charge in [0.1, 0.15) is 11.2 Å². The molecule has 8 aromatic carbocycles. The Morgan fingerprint density at radius 2 is 1.23 bits per heavy atom. The maximum absolute atomic E-state index is 7.65. The average molecular weight is 827 g/mol. The molecule has 1 aliphatic carbocycles. The first-order valence-electron chi connectivity index (χ1n) is 23.2. The molecule has 4 heterocycles. The standard InChI is InChI=1S/C60H51BN2O/c1-58(2,3)40-26-28-49(44(33-40)37-19-12-9-13-20-37)62-51-32-39(36-17-10-8-11-18-36)31-45-42-23-16-24-43-53-41-22-15-14-21-38(41)25-27-50(53)63(55(42)43)61(54(45)51)57-56(62)46-34-47-48(35-52(46)64-57)60(6,7)30-29-59(47,4)5/h8-28,31-35H,29-30H2,1-7H3. The fourth-order valence-electron chi connectivity index (χ4n) is 11.9. The van der Waals surface area contributed by atoms with Crippen molar-refractivity contribution in [2.75, 3.05) is 4.90 Å². The number of hydrogen-bond donors (Lipinski definition) is 0. The average Bonchev–Trinajstić information content (AvgIpc) is 3.85. The smallest absolute Gasteiger partial charge is 0.375 e. The fourth-order valence-corrected chi connectivity index (χ4v) is 11.9. The highest BCUT2D eigenvalue weighted by molar-refractivity contribution is 6.89. The number of hydrogen-bond acceptors (Lipinski definition) is 2. The van der Waals surface area contributed by atoms with Crippen LogP contribution in [0.2, 0.25) is 0 Å². The van der Waals surface area contributed by atoms with Crippen LogP contribution in [-0.4, -0.2) is 11.3 Å². The predicted molar refractivity (Wildman–Crippen MR) is 272 cm³/mol. The number of benzene rings is 8. The molecule has 3 nitrogen and oxygen atoms in total. The Balaban J connectivity index is 1.23. The van der Waals surface area contributed by atoms with E-state index in [1.807, 2.05) is 0 Å². The van der Waals surface area contributed by atoms with E-state index in [-0.39, 0.29) is 23.1 Å². The topological polar surface area (TPSA) is 21.3 Å². The predicted octanol–water partition coefficient (Wildman–Crippen LogP) is 15.1. The first-order chi connectivity index (χ1) is 30.9. The number of furan rings is 1. The molecule has 64 heavy (non-hydrogen) atoms. The Morgan fingerprint density at radius 1 is 0.547 bits per heavy atom. The van der Waals surface area contributed by atoms with Crippen molar-refractivity contribution in [2.45, 2.75) is 77.6 Å². The summed E-state index contributed by atoms with van der Waals surface area (Å²) in [5.74, 6) is 0. The first kappa shape index (κ1) is 37.8. The normalized spacial score (nSPS) is 15.8. The van der Waals surface area contributed by atoms with Gasteiger partial charge in [-0.05, 0) is 127 Å². The van der Waals surface area contributed by atoms with Gasteiger partial charge in [0, 0.05) is 44.0 Å². The lowest BCUT2D eigenvalue weighted by atomic mass is 9.47. The fraction of sp³-hybridized carbons (Fsp3) is 0.200. The molecule has 0 radical (unpaired) electrons. The minimum atomic E-state index is -0.211. The molecule has 13 rings (SSSR count). The molecule has 0 saturated heterocycles. The summed E-state index contributed by atoms with van der Waals surface area (Å²) in [5.41, 5.74) is 20.7. The van der Waals surface area contributed by atoms with Crippen molar-refractivity contribution in [2.24, 2.45) is 0 Å². The zero-order valence-corrected chi connectivity index (χ0v) is 37.8. The largest absolute Gasteiger partial charge is 0.466 e. The lowest BCUT2D eigenvalue weighted by Gasteiger charge is -2.42. The van der Waals surface area contributed by atoms with Crippen molar-refractivity contribution in [3.8, 4) is 33.4 Å². The first-order valence-corrected chi connectivity index (χ1v) is 23.2. The summed E-state index contributed by atoms with van der Waals surface area (Å²) in [7, 11) is 0. The molecular weight excluding hydrogens is 775 g/mol.